The normalized spacial score (nSPS) is 18.4. The second-order valence-electron chi connectivity index (χ2n) is 9.69. The molecule has 1 N–H and O–H groups in total. The maximum atomic E-state index is 11.2. The number of methoxy groups -OCH3 is 1. The molecule has 1 atom stereocenters. The Balaban J connectivity index is 1.26. The number of ether oxygens (including phenoxy) is 3. The van der Waals surface area contributed by atoms with Gasteiger partial charge in [0.1, 0.15) is 12.4 Å². The van der Waals surface area contributed by atoms with E-state index in [1.165, 1.54) is 0 Å². The van der Waals surface area contributed by atoms with Crippen molar-refractivity contribution in [1.82, 2.24) is 14.7 Å². The number of likely N-dealkylation sites (tertiary alicyclic amines) is 1. The summed E-state index contributed by atoms with van der Waals surface area (Å²) in [5.41, 5.74) is 1.42. The standard InChI is InChI=1S/C28H35Cl2N3O4/c1-21-17-31-33(18-21)12-4-14-36-26-8-5-22(15-27(26)35-2)19-32-11-3-9-28(34,10-13-32)20-37-23-6-7-24(29)25(30)16-23/h5-8,15-18,34H,3-4,9-14,19-20H2,1-2H3/t28-/m0/s1. The highest BCUT2D eigenvalue weighted by molar-refractivity contribution is 6.42. The van der Waals surface area contributed by atoms with Crippen LogP contribution >= 0.6 is 23.2 Å². The minimum Gasteiger partial charge on any atom is -0.493 e. The Hall–Kier alpha value is -2.45. The second kappa shape index (κ2) is 12.9. The molecule has 0 unspecified atom stereocenters. The molecule has 1 aliphatic rings. The molecule has 0 amide bonds. The van der Waals surface area contributed by atoms with Gasteiger partial charge >= 0.3 is 0 Å². The number of aryl methyl sites for hydroxylation is 2. The average molecular weight is 549 g/mol. The molecule has 7 nitrogen and oxygen atoms in total. The van der Waals surface area contributed by atoms with E-state index in [9.17, 15) is 5.11 Å². The number of benzene rings is 2. The van der Waals surface area contributed by atoms with Crippen molar-refractivity contribution < 1.29 is 19.3 Å². The molecule has 3 aromatic rings. The zero-order valence-electron chi connectivity index (χ0n) is 21.5. The Morgan fingerprint density at radius 1 is 1.03 bits per heavy atom. The highest BCUT2D eigenvalue weighted by atomic mass is 35.5. The van der Waals surface area contributed by atoms with E-state index in [4.69, 9.17) is 37.4 Å². The van der Waals surface area contributed by atoms with E-state index >= 15 is 0 Å². The first-order valence-corrected chi connectivity index (χ1v) is 13.4. The fraction of sp³-hybridized carbons (Fsp3) is 0.464. The van der Waals surface area contributed by atoms with Gasteiger partial charge in [0.05, 0.1) is 35.6 Å². The van der Waals surface area contributed by atoms with E-state index < -0.39 is 5.60 Å². The summed E-state index contributed by atoms with van der Waals surface area (Å²) in [6.07, 6.45) is 6.94. The quantitative estimate of drug-likeness (QED) is 0.307. The summed E-state index contributed by atoms with van der Waals surface area (Å²) in [6, 6.07) is 11.2. The topological polar surface area (TPSA) is 69.0 Å². The predicted molar refractivity (Wildman–Crippen MR) is 146 cm³/mol. The lowest BCUT2D eigenvalue weighted by atomic mass is 9.96. The molecule has 1 saturated heterocycles. The van der Waals surface area contributed by atoms with Gasteiger partial charge in [0.15, 0.2) is 11.5 Å². The first-order chi connectivity index (χ1) is 17.8. The van der Waals surface area contributed by atoms with Gasteiger partial charge in [-0.15, -0.1) is 0 Å². The van der Waals surface area contributed by atoms with Crippen molar-refractivity contribution in [2.75, 3.05) is 33.4 Å². The molecule has 4 rings (SSSR count). The molecule has 0 aliphatic carbocycles. The Kier molecular flexibility index (Phi) is 9.60. The molecule has 1 aromatic heterocycles. The fourth-order valence-corrected chi connectivity index (χ4v) is 4.80. The molecule has 1 fully saturated rings. The molecule has 0 radical (unpaired) electrons. The van der Waals surface area contributed by atoms with Gasteiger partial charge in [-0.25, -0.2) is 0 Å². The molecular weight excluding hydrogens is 513 g/mol. The summed E-state index contributed by atoms with van der Waals surface area (Å²) in [6.45, 7) is 6.11. The smallest absolute Gasteiger partial charge is 0.161 e. The van der Waals surface area contributed by atoms with Crippen LogP contribution in [0.15, 0.2) is 48.8 Å². The molecule has 2 heterocycles. The summed E-state index contributed by atoms with van der Waals surface area (Å²) in [5, 5.41) is 16.4. The van der Waals surface area contributed by atoms with Crippen LogP contribution in [0.2, 0.25) is 10.0 Å². The van der Waals surface area contributed by atoms with Crippen LogP contribution in [-0.4, -0.2) is 58.8 Å². The van der Waals surface area contributed by atoms with Crippen molar-refractivity contribution in [1.29, 1.82) is 0 Å². The zero-order chi connectivity index (χ0) is 26.3. The molecule has 37 heavy (non-hydrogen) atoms. The van der Waals surface area contributed by atoms with Gasteiger partial charge in [0.25, 0.3) is 0 Å². The Morgan fingerprint density at radius 3 is 2.65 bits per heavy atom. The Bertz CT molecular complexity index is 1170. The van der Waals surface area contributed by atoms with Gasteiger partial charge in [-0.05, 0) is 68.1 Å². The summed E-state index contributed by atoms with van der Waals surface area (Å²) < 4.78 is 19.4. The zero-order valence-corrected chi connectivity index (χ0v) is 23.0. The van der Waals surface area contributed by atoms with E-state index in [2.05, 4.69) is 16.1 Å². The van der Waals surface area contributed by atoms with E-state index in [1.54, 1.807) is 25.3 Å². The maximum absolute atomic E-state index is 11.2. The largest absolute Gasteiger partial charge is 0.493 e. The SMILES string of the molecule is COc1cc(CN2CCC[C@@](O)(COc3ccc(Cl)c(Cl)c3)CC2)ccc1OCCCn1cc(C)cn1. The molecule has 1 aliphatic heterocycles. The van der Waals surface area contributed by atoms with Crippen molar-refractivity contribution in [2.45, 2.75) is 51.3 Å². The summed E-state index contributed by atoms with van der Waals surface area (Å²) in [4.78, 5) is 2.36. The van der Waals surface area contributed by atoms with Crippen LogP contribution in [0, 0.1) is 6.92 Å². The minimum absolute atomic E-state index is 0.221. The number of aliphatic hydroxyl groups is 1. The lowest BCUT2D eigenvalue weighted by molar-refractivity contribution is -0.0168. The number of halogens is 2. The Labute approximate surface area is 228 Å². The van der Waals surface area contributed by atoms with Gasteiger partial charge in [-0.3, -0.25) is 9.58 Å². The highest BCUT2D eigenvalue weighted by Gasteiger charge is 2.31. The first-order valence-electron chi connectivity index (χ1n) is 12.6. The van der Waals surface area contributed by atoms with Crippen LogP contribution < -0.4 is 14.2 Å². The van der Waals surface area contributed by atoms with Crippen molar-refractivity contribution in [3.05, 3.63) is 70.0 Å². The number of rotatable bonds is 11. The number of hydrogen-bond acceptors (Lipinski definition) is 6. The van der Waals surface area contributed by atoms with Crippen LogP contribution in [0.5, 0.6) is 17.2 Å². The number of aromatic nitrogens is 2. The second-order valence-corrected chi connectivity index (χ2v) is 10.5. The molecule has 9 heteroatoms. The Morgan fingerprint density at radius 2 is 1.89 bits per heavy atom. The van der Waals surface area contributed by atoms with E-state index in [1.807, 2.05) is 36.1 Å². The number of hydrogen-bond donors (Lipinski definition) is 1. The van der Waals surface area contributed by atoms with Gasteiger partial charge in [0, 0.05) is 38.3 Å². The highest BCUT2D eigenvalue weighted by Crippen LogP contribution is 2.31. The fourth-order valence-electron chi connectivity index (χ4n) is 4.51. The van der Waals surface area contributed by atoms with Crippen LogP contribution in [0.1, 0.15) is 36.8 Å². The third-order valence-electron chi connectivity index (χ3n) is 6.59. The van der Waals surface area contributed by atoms with Crippen LogP contribution in [0.4, 0.5) is 0 Å². The van der Waals surface area contributed by atoms with E-state index in [0.29, 0.717) is 35.2 Å². The van der Waals surface area contributed by atoms with Crippen LogP contribution in [0.25, 0.3) is 0 Å². The molecule has 0 saturated carbocycles. The van der Waals surface area contributed by atoms with Crippen molar-refractivity contribution in [3.63, 3.8) is 0 Å². The molecular formula is C28H35Cl2N3O4. The van der Waals surface area contributed by atoms with Crippen molar-refractivity contribution in [3.8, 4) is 17.2 Å². The van der Waals surface area contributed by atoms with Crippen LogP contribution in [-0.2, 0) is 13.1 Å². The van der Waals surface area contributed by atoms with Crippen LogP contribution in [0.3, 0.4) is 0 Å². The van der Waals surface area contributed by atoms with E-state index in [0.717, 1.165) is 61.6 Å². The average Bonchev–Trinajstić information content (AvgIpc) is 3.21. The van der Waals surface area contributed by atoms with Gasteiger partial charge in [-0.2, -0.15) is 5.10 Å². The van der Waals surface area contributed by atoms with Gasteiger partial charge in [-0.1, -0.05) is 29.3 Å². The minimum atomic E-state index is -0.884. The molecule has 0 bridgehead atoms. The summed E-state index contributed by atoms with van der Waals surface area (Å²) in [7, 11) is 1.67. The lowest BCUT2D eigenvalue weighted by Gasteiger charge is -2.27. The summed E-state index contributed by atoms with van der Waals surface area (Å²) >= 11 is 12.1. The third kappa shape index (κ3) is 8.01. The summed E-state index contributed by atoms with van der Waals surface area (Å²) in [5.74, 6) is 2.08. The van der Waals surface area contributed by atoms with Crippen molar-refractivity contribution in [2.24, 2.45) is 0 Å². The van der Waals surface area contributed by atoms with Crippen molar-refractivity contribution >= 4 is 23.2 Å². The number of nitrogens with zero attached hydrogens (tertiary/aromatic N) is 3. The molecule has 200 valence electrons. The molecule has 2 aromatic carbocycles. The third-order valence-corrected chi connectivity index (χ3v) is 7.33. The predicted octanol–water partition coefficient (Wildman–Crippen LogP) is 5.77. The monoisotopic (exact) mass is 547 g/mol. The van der Waals surface area contributed by atoms with Gasteiger partial charge in [0.2, 0.25) is 0 Å². The first kappa shape index (κ1) is 27.6. The molecule has 0 spiro atoms. The maximum Gasteiger partial charge on any atom is 0.161 e. The van der Waals surface area contributed by atoms with Gasteiger partial charge < -0.3 is 19.3 Å². The lowest BCUT2D eigenvalue weighted by Crippen LogP contribution is -2.37. The van der Waals surface area contributed by atoms with E-state index in [-0.39, 0.29) is 6.61 Å².